The van der Waals surface area contributed by atoms with Crippen molar-refractivity contribution in [1.29, 1.82) is 0 Å². The summed E-state index contributed by atoms with van der Waals surface area (Å²) in [5.41, 5.74) is 3.38. The lowest BCUT2D eigenvalue weighted by molar-refractivity contribution is 0.218. The maximum atomic E-state index is 11.5. The molecule has 0 saturated carbocycles. The molecule has 1 unspecified atom stereocenters. The number of nitrogens with zero attached hydrogens (tertiary/aromatic N) is 1. The highest BCUT2D eigenvalue weighted by atomic mass is 16.2. The number of urea groups is 1. The smallest absolute Gasteiger partial charge is 0.321 e. The number of nitrogens with one attached hydrogen (secondary N) is 2. The van der Waals surface area contributed by atoms with Crippen molar-refractivity contribution in [3.05, 3.63) is 29.3 Å². The van der Waals surface area contributed by atoms with Gasteiger partial charge in [0, 0.05) is 25.3 Å². The molecule has 1 aliphatic heterocycles. The van der Waals surface area contributed by atoms with Crippen molar-refractivity contribution in [2.75, 3.05) is 19.4 Å². The van der Waals surface area contributed by atoms with Crippen LogP contribution in [0.5, 0.6) is 0 Å². The van der Waals surface area contributed by atoms with Gasteiger partial charge in [0.1, 0.15) is 0 Å². The zero-order valence-electron chi connectivity index (χ0n) is 11.4. The molecule has 1 heterocycles. The largest absolute Gasteiger partial charge is 0.323 e. The molecular formula is C14H21N3O. The van der Waals surface area contributed by atoms with E-state index in [2.05, 4.69) is 36.6 Å². The van der Waals surface area contributed by atoms with Crippen LogP contribution in [0.2, 0.25) is 0 Å². The van der Waals surface area contributed by atoms with Crippen LogP contribution < -0.4 is 10.6 Å². The predicted molar refractivity (Wildman–Crippen MR) is 73.6 cm³/mol. The minimum atomic E-state index is -0.0377. The first-order valence-corrected chi connectivity index (χ1v) is 6.35. The molecule has 0 fully saturated rings. The van der Waals surface area contributed by atoms with E-state index in [1.54, 1.807) is 4.90 Å². The Hall–Kier alpha value is -1.55. The predicted octanol–water partition coefficient (Wildman–Crippen LogP) is 2.58. The van der Waals surface area contributed by atoms with Crippen molar-refractivity contribution in [1.82, 2.24) is 10.2 Å². The summed E-state index contributed by atoms with van der Waals surface area (Å²) in [4.78, 5) is 13.2. The highest BCUT2D eigenvalue weighted by Crippen LogP contribution is 2.28. The molecule has 1 aliphatic rings. The van der Waals surface area contributed by atoms with Crippen molar-refractivity contribution >= 4 is 11.7 Å². The molecule has 1 atom stereocenters. The van der Waals surface area contributed by atoms with Crippen LogP contribution in [0.3, 0.4) is 0 Å². The summed E-state index contributed by atoms with van der Waals surface area (Å²) in [7, 11) is 3.79. The summed E-state index contributed by atoms with van der Waals surface area (Å²) in [6.45, 7) is 5.08. The first-order chi connectivity index (χ1) is 8.52. The van der Waals surface area contributed by atoms with Crippen molar-refractivity contribution < 1.29 is 4.79 Å². The molecule has 1 aromatic carbocycles. The van der Waals surface area contributed by atoms with Crippen LogP contribution in [0.4, 0.5) is 10.5 Å². The van der Waals surface area contributed by atoms with E-state index < -0.39 is 0 Å². The summed E-state index contributed by atoms with van der Waals surface area (Å²) >= 11 is 0. The molecule has 98 valence electrons. The molecule has 0 radical (unpaired) electrons. The van der Waals surface area contributed by atoms with Crippen LogP contribution in [0, 0.1) is 5.92 Å². The average molecular weight is 247 g/mol. The van der Waals surface area contributed by atoms with E-state index in [-0.39, 0.29) is 6.03 Å². The quantitative estimate of drug-likeness (QED) is 0.862. The molecule has 0 aliphatic carbocycles. The van der Waals surface area contributed by atoms with E-state index >= 15 is 0 Å². The van der Waals surface area contributed by atoms with Gasteiger partial charge in [-0.15, -0.1) is 0 Å². The fourth-order valence-corrected chi connectivity index (χ4v) is 2.48. The number of rotatable bonds is 3. The summed E-state index contributed by atoms with van der Waals surface area (Å²) in [5.74, 6) is 0.531. The molecule has 18 heavy (non-hydrogen) atoms. The van der Waals surface area contributed by atoms with Crippen LogP contribution in [-0.4, -0.2) is 25.0 Å². The number of benzene rings is 1. The molecule has 0 spiro atoms. The van der Waals surface area contributed by atoms with Crippen molar-refractivity contribution in [2.45, 2.75) is 26.4 Å². The topological polar surface area (TPSA) is 44.4 Å². The van der Waals surface area contributed by atoms with E-state index in [1.165, 1.54) is 11.1 Å². The Labute approximate surface area is 108 Å². The van der Waals surface area contributed by atoms with Gasteiger partial charge >= 0.3 is 6.03 Å². The summed E-state index contributed by atoms with van der Waals surface area (Å²) in [6.07, 6.45) is 0. The maximum absolute atomic E-state index is 11.5. The second kappa shape index (κ2) is 4.98. The lowest BCUT2D eigenvalue weighted by Crippen LogP contribution is -2.35. The van der Waals surface area contributed by atoms with Crippen LogP contribution in [0.15, 0.2) is 18.2 Å². The van der Waals surface area contributed by atoms with Gasteiger partial charge in [0.2, 0.25) is 0 Å². The number of hydrogen-bond acceptors (Lipinski definition) is 2. The molecule has 4 nitrogen and oxygen atoms in total. The van der Waals surface area contributed by atoms with Crippen LogP contribution in [0.25, 0.3) is 0 Å². The summed E-state index contributed by atoms with van der Waals surface area (Å²) < 4.78 is 0. The fraction of sp³-hybridized carbons (Fsp3) is 0.500. The number of amides is 2. The molecule has 2 N–H and O–H groups in total. The lowest BCUT2D eigenvalue weighted by atomic mass is 9.94. The Kier molecular flexibility index (Phi) is 3.57. The molecule has 2 rings (SSSR count). The highest BCUT2D eigenvalue weighted by Gasteiger charge is 2.21. The third-order valence-corrected chi connectivity index (χ3v) is 3.46. The van der Waals surface area contributed by atoms with Gasteiger partial charge in [0.15, 0.2) is 0 Å². The lowest BCUT2D eigenvalue weighted by Gasteiger charge is -2.28. The number of anilines is 1. The Morgan fingerprint density at radius 3 is 2.72 bits per heavy atom. The monoisotopic (exact) mass is 247 g/mol. The van der Waals surface area contributed by atoms with Gasteiger partial charge in [0.25, 0.3) is 0 Å². The average Bonchev–Trinajstić information content (AvgIpc) is 2.31. The van der Waals surface area contributed by atoms with E-state index in [9.17, 15) is 4.79 Å². The zero-order valence-corrected chi connectivity index (χ0v) is 11.4. The number of hydrogen-bond donors (Lipinski definition) is 2. The van der Waals surface area contributed by atoms with Crippen LogP contribution >= 0.6 is 0 Å². The Morgan fingerprint density at radius 2 is 2.11 bits per heavy atom. The third-order valence-electron chi connectivity index (χ3n) is 3.46. The van der Waals surface area contributed by atoms with Gasteiger partial charge < -0.3 is 15.5 Å². The van der Waals surface area contributed by atoms with E-state index in [0.717, 1.165) is 5.69 Å². The van der Waals surface area contributed by atoms with Gasteiger partial charge in [-0.05, 0) is 30.2 Å². The van der Waals surface area contributed by atoms with Gasteiger partial charge in [-0.25, -0.2) is 4.79 Å². The normalized spacial score (nSPS) is 16.5. The highest BCUT2D eigenvalue weighted by molar-refractivity contribution is 5.92. The molecule has 1 aromatic rings. The SMILES string of the molecule is CNC(c1ccc2c(c1)CN(C)C(=O)N2)C(C)C. The first-order valence-electron chi connectivity index (χ1n) is 6.35. The molecular weight excluding hydrogens is 226 g/mol. The fourth-order valence-electron chi connectivity index (χ4n) is 2.48. The molecule has 0 bridgehead atoms. The Balaban J connectivity index is 2.32. The van der Waals surface area contributed by atoms with E-state index in [4.69, 9.17) is 0 Å². The number of fused-ring (bicyclic) bond motifs is 1. The summed E-state index contributed by atoms with van der Waals surface area (Å²) in [6, 6.07) is 6.59. The van der Waals surface area contributed by atoms with Gasteiger partial charge in [-0.1, -0.05) is 26.0 Å². The van der Waals surface area contributed by atoms with Crippen LogP contribution in [-0.2, 0) is 6.54 Å². The van der Waals surface area contributed by atoms with Gasteiger partial charge in [-0.3, -0.25) is 0 Å². The van der Waals surface area contributed by atoms with E-state index in [1.807, 2.05) is 20.2 Å². The Morgan fingerprint density at radius 1 is 1.39 bits per heavy atom. The molecule has 2 amide bonds. The number of carbonyl (C=O) groups is 1. The minimum absolute atomic E-state index is 0.0377. The standard InChI is InChI=1S/C14H21N3O/c1-9(2)13(15-3)10-5-6-12-11(7-10)8-17(4)14(18)16-12/h5-7,9,13,15H,8H2,1-4H3,(H,16,18). The minimum Gasteiger partial charge on any atom is -0.323 e. The second-order valence-electron chi connectivity index (χ2n) is 5.21. The Bertz CT molecular complexity index is 456. The first kappa shape index (κ1) is 12.9. The van der Waals surface area contributed by atoms with E-state index in [0.29, 0.717) is 18.5 Å². The van der Waals surface area contributed by atoms with Gasteiger partial charge in [0.05, 0.1) is 0 Å². The molecule has 0 saturated heterocycles. The van der Waals surface area contributed by atoms with Crippen LogP contribution in [0.1, 0.15) is 31.0 Å². The second-order valence-corrected chi connectivity index (χ2v) is 5.21. The maximum Gasteiger partial charge on any atom is 0.321 e. The van der Waals surface area contributed by atoms with Crippen molar-refractivity contribution in [3.63, 3.8) is 0 Å². The van der Waals surface area contributed by atoms with Crippen molar-refractivity contribution in [2.24, 2.45) is 5.92 Å². The summed E-state index contributed by atoms with van der Waals surface area (Å²) in [5, 5.41) is 6.23. The van der Waals surface area contributed by atoms with Crippen molar-refractivity contribution in [3.8, 4) is 0 Å². The number of carbonyl (C=O) groups excluding carboxylic acids is 1. The zero-order chi connectivity index (χ0) is 13.3. The molecule has 0 aromatic heterocycles. The van der Waals surface area contributed by atoms with Gasteiger partial charge in [-0.2, -0.15) is 0 Å². The third kappa shape index (κ3) is 2.34. The molecule has 4 heteroatoms.